The lowest BCUT2D eigenvalue weighted by atomic mass is 10.2. The number of halogens is 1. The second kappa shape index (κ2) is 6.34. The van der Waals surface area contributed by atoms with E-state index >= 15 is 0 Å². The molecule has 2 rings (SSSR count). The Morgan fingerprint density at radius 1 is 1.40 bits per heavy atom. The zero-order valence-corrected chi connectivity index (χ0v) is 12.0. The fourth-order valence-corrected chi connectivity index (χ4v) is 1.90. The van der Waals surface area contributed by atoms with E-state index in [4.69, 9.17) is 11.6 Å². The quantitative estimate of drug-likeness (QED) is 0.908. The average Bonchev–Trinajstić information content (AvgIpc) is 2.43. The zero-order chi connectivity index (χ0) is 14.5. The molecule has 0 saturated heterocycles. The van der Waals surface area contributed by atoms with Gasteiger partial charge in [0.1, 0.15) is 5.82 Å². The van der Waals surface area contributed by atoms with Crippen LogP contribution in [0.5, 0.6) is 0 Å². The number of rotatable bonds is 4. The zero-order valence-electron chi connectivity index (χ0n) is 11.3. The molecule has 0 fully saturated rings. The van der Waals surface area contributed by atoms with E-state index in [1.807, 2.05) is 13.8 Å². The summed E-state index contributed by atoms with van der Waals surface area (Å²) in [6, 6.07) is 3.34. The van der Waals surface area contributed by atoms with Crippen molar-refractivity contribution in [2.45, 2.75) is 13.8 Å². The lowest BCUT2D eigenvalue weighted by Gasteiger charge is -2.09. The maximum Gasteiger partial charge on any atom is 0.257 e. The third-order valence-electron chi connectivity index (χ3n) is 2.72. The first-order valence-electron chi connectivity index (χ1n) is 6.23. The summed E-state index contributed by atoms with van der Waals surface area (Å²) in [7, 11) is 0. The van der Waals surface area contributed by atoms with Gasteiger partial charge in [0, 0.05) is 30.8 Å². The van der Waals surface area contributed by atoms with Crippen LogP contribution >= 0.6 is 11.6 Å². The highest BCUT2D eigenvalue weighted by atomic mass is 35.5. The first-order chi connectivity index (χ1) is 9.61. The van der Waals surface area contributed by atoms with Crippen LogP contribution in [0.1, 0.15) is 22.8 Å². The van der Waals surface area contributed by atoms with E-state index in [2.05, 4.69) is 20.6 Å². The largest absolute Gasteiger partial charge is 0.369 e. The summed E-state index contributed by atoms with van der Waals surface area (Å²) < 4.78 is 0. The number of nitrogens with zero attached hydrogens (tertiary/aromatic N) is 2. The number of aryl methyl sites for hydroxylation is 1. The standard InChI is InChI=1S/C14H15ClN4O/c1-3-17-13-11(15)6-10(8-18-13)14(20)19-12-4-5-16-7-9(12)2/h4-8H,3H2,1-2H3,(H,17,18)(H,16,19,20). The topological polar surface area (TPSA) is 66.9 Å². The molecule has 0 unspecified atom stereocenters. The minimum atomic E-state index is -0.253. The normalized spacial score (nSPS) is 10.2. The van der Waals surface area contributed by atoms with Crippen molar-refractivity contribution in [2.75, 3.05) is 17.2 Å². The number of carbonyl (C=O) groups is 1. The van der Waals surface area contributed by atoms with Gasteiger partial charge in [-0.1, -0.05) is 11.6 Å². The Bertz CT molecular complexity index is 630. The first-order valence-corrected chi connectivity index (χ1v) is 6.61. The van der Waals surface area contributed by atoms with Crippen LogP contribution in [0.3, 0.4) is 0 Å². The van der Waals surface area contributed by atoms with Gasteiger partial charge in [-0.2, -0.15) is 0 Å². The Morgan fingerprint density at radius 2 is 2.20 bits per heavy atom. The number of amides is 1. The van der Waals surface area contributed by atoms with Gasteiger partial charge in [0.25, 0.3) is 5.91 Å². The van der Waals surface area contributed by atoms with Crippen molar-refractivity contribution in [3.63, 3.8) is 0 Å². The van der Waals surface area contributed by atoms with Gasteiger partial charge < -0.3 is 10.6 Å². The third-order valence-corrected chi connectivity index (χ3v) is 3.00. The van der Waals surface area contributed by atoms with Crippen molar-refractivity contribution >= 4 is 29.0 Å². The monoisotopic (exact) mass is 290 g/mol. The molecule has 0 aliphatic heterocycles. The minimum absolute atomic E-state index is 0.253. The smallest absolute Gasteiger partial charge is 0.257 e. The van der Waals surface area contributed by atoms with Crippen molar-refractivity contribution in [3.05, 3.63) is 46.9 Å². The fraction of sp³-hybridized carbons (Fsp3) is 0.214. The summed E-state index contributed by atoms with van der Waals surface area (Å²) in [6.45, 7) is 4.54. The lowest BCUT2D eigenvalue weighted by molar-refractivity contribution is 0.102. The van der Waals surface area contributed by atoms with Gasteiger partial charge in [0.2, 0.25) is 0 Å². The molecule has 0 aliphatic rings. The molecule has 1 amide bonds. The summed E-state index contributed by atoms with van der Waals surface area (Å²) in [4.78, 5) is 20.3. The Labute approximate surface area is 122 Å². The van der Waals surface area contributed by atoms with Crippen LogP contribution in [-0.4, -0.2) is 22.4 Å². The number of aromatic nitrogens is 2. The van der Waals surface area contributed by atoms with E-state index in [0.717, 1.165) is 11.3 Å². The highest BCUT2D eigenvalue weighted by molar-refractivity contribution is 6.33. The molecule has 5 nitrogen and oxygen atoms in total. The van der Waals surface area contributed by atoms with Gasteiger partial charge in [0.15, 0.2) is 0 Å². The number of pyridine rings is 2. The molecule has 2 aromatic rings. The van der Waals surface area contributed by atoms with Crippen LogP contribution < -0.4 is 10.6 Å². The third kappa shape index (κ3) is 3.24. The molecule has 0 spiro atoms. The van der Waals surface area contributed by atoms with Gasteiger partial charge in [-0.05, 0) is 31.5 Å². The van der Waals surface area contributed by atoms with Gasteiger partial charge in [-0.25, -0.2) is 4.98 Å². The molecule has 0 bridgehead atoms. The number of nitrogens with one attached hydrogen (secondary N) is 2. The van der Waals surface area contributed by atoms with Crippen molar-refractivity contribution in [1.82, 2.24) is 9.97 Å². The van der Waals surface area contributed by atoms with Crippen LogP contribution in [0.15, 0.2) is 30.7 Å². The highest BCUT2D eigenvalue weighted by Crippen LogP contribution is 2.21. The maximum absolute atomic E-state index is 12.1. The van der Waals surface area contributed by atoms with E-state index < -0.39 is 0 Å². The molecule has 2 N–H and O–H groups in total. The Morgan fingerprint density at radius 3 is 2.85 bits per heavy atom. The highest BCUT2D eigenvalue weighted by Gasteiger charge is 2.11. The van der Waals surface area contributed by atoms with Crippen molar-refractivity contribution in [1.29, 1.82) is 0 Å². The fourth-order valence-electron chi connectivity index (χ4n) is 1.67. The molecule has 2 heterocycles. The Balaban J connectivity index is 2.18. The van der Waals surface area contributed by atoms with Crippen LogP contribution in [0, 0.1) is 6.92 Å². The van der Waals surface area contributed by atoms with E-state index in [1.165, 1.54) is 6.20 Å². The Hall–Kier alpha value is -2.14. The SMILES string of the molecule is CCNc1ncc(C(=O)Nc2ccncc2C)cc1Cl. The molecular formula is C14H15ClN4O. The van der Waals surface area contributed by atoms with Crippen LogP contribution in [-0.2, 0) is 0 Å². The van der Waals surface area contributed by atoms with Crippen LogP contribution in [0.25, 0.3) is 0 Å². The average molecular weight is 291 g/mol. The summed E-state index contributed by atoms with van der Waals surface area (Å²) in [6.07, 6.45) is 4.81. The molecule has 0 aliphatic carbocycles. The van der Waals surface area contributed by atoms with Gasteiger partial charge in [0.05, 0.1) is 10.6 Å². The van der Waals surface area contributed by atoms with Gasteiger partial charge >= 0.3 is 0 Å². The predicted molar refractivity (Wildman–Crippen MR) is 80.3 cm³/mol. The summed E-state index contributed by atoms with van der Waals surface area (Å²) in [5.41, 5.74) is 2.02. The van der Waals surface area contributed by atoms with Crippen LogP contribution in [0.4, 0.5) is 11.5 Å². The molecule has 20 heavy (non-hydrogen) atoms. The summed E-state index contributed by atoms with van der Waals surface area (Å²) in [5.74, 6) is 0.322. The lowest BCUT2D eigenvalue weighted by Crippen LogP contribution is -2.13. The van der Waals surface area contributed by atoms with E-state index in [9.17, 15) is 4.79 Å². The van der Waals surface area contributed by atoms with Crippen molar-refractivity contribution in [2.24, 2.45) is 0 Å². The molecule has 0 aromatic carbocycles. The molecule has 2 aromatic heterocycles. The second-order valence-corrected chi connectivity index (χ2v) is 4.64. The summed E-state index contributed by atoms with van der Waals surface area (Å²) in [5, 5.41) is 6.25. The van der Waals surface area contributed by atoms with Gasteiger partial charge in [-0.15, -0.1) is 0 Å². The van der Waals surface area contributed by atoms with E-state index in [-0.39, 0.29) is 5.91 Å². The first kappa shape index (κ1) is 14.3. The number of carbonyl (C=O) groups excluding carboxylic acids is 1. The van der Waals surface area contributed by atoms with E-state index in [0.29, 0.717) is 22.9 Å². The molecule has 0 atom stereocenters. The number of hydrogen-bond acceptors (Lipinski definition) is 4. The molecule has 104 valence electrons. The number of anilines is 2. The second-order valence-electron chi connectivity index (χ2n) is 4.23. The predicted octanol–water partition coefficient (Wildman–Crippen LogP) is 3.12. The van der Waals surface area contributed by atoms with Gasteiger partial charge in [-0.3, -0.25) is 9.78 Å². The van der Waals surface area contributed by atoms with Crippen LogP contribution in [0.2, 0.25) is 5.02 Å². The van der Waals surface area contributed by atoms with E-state index in [1.54, 1.807) is 24.5 Å². The summed E-state index contributed by atoms with van der Waals surface area (Å²) >= 11 is 6.07. The maximum atomic E-state index is 12.1. The Kier molecular flexibility index (Phi) is 4.53. The van der Waals surface area contributed by atoms with Crippen molar-refractivity contribution in [3.8, 4) is 0 Å². The molecule has 0 saturated carbocycles. The molecular weight excluding hydrogens is 276 g/mol. The van der Waals surface area contributed by atoms with Crippen molar-refractivity contribution < 1.29 is 4.79 Å². The number of hydrogen-bond donors (Lipinski definition) is 2. The minimum Gasteiger partial charge on any atom is -0.369 e. The molecule has 0 radical (unpaired) electrons. The molecule has 6 heteroatoms.